The maximum absolute atomic E-state index is 12.6. The Bertz CT molecular complexity index is 1050. The van der Waals surface area contributed by atoms with Crippen LogP contribution in [0.3, 0.4) is 0 Å². The lowest BCUT2D eigenvalue weighted by Gasteiger charge is -2.14. The van der Waals surface area contributed by atoms with Crippen molar-refractivity contribution in [2.75, 3.05) is 19.4 Å². The number of sulfonamides is 1. The minimum absolute atomic E-state index is 0.0130. The predicted octanol–water partition coefficient (Wildman–Crippen LogP) is 3.62. The molecular weight excluding hydrogens is 470 g/mol. The largest absolute Gasteiger partial charge is 0.349 e. The van der Waals surface area contributed by atoms with Crippen LogP contribution in [0.2, 0.25) is 0 Å². The van der Waals surface area contributed by atoms with Crippen molar-refractivity contribution in [1.82, 2.24) is 9.62 Å². The SMILES string of the molecule is CN(C)S(=O)(=O)c1cc(C(=O)Nc2ccc(C(=O)NC3CCCC3)cc2)ccc1Br. The Balaban J connectivity index is 1.71. The Morgan fingerprint density at radius 3 is 2.17 bits per heavy atom. The van der Waals surface area contributed by atoms with Crippen LogP contribution in [0.15, 0.2) is 51.8 Å². The molecule has 0 bridgehead atoms. The zero-order valence-electron chi connectivity index (χ0n) is 16.8. The van der Waals surface area contributed by atoms with Crippen molar-refractivity contribution >= 4 is 43.5 Å². The quantitative estimate of drug-likeness (QED) is 0.642. The molecule has 30 heavy (non-hydrogen) atoms. The third kappa shape index (κ3) is 5.08. The summed E-state index contributed by atoms with van der Waals surface area (Å²) in [6.07, 6.45) is 4.31. The second-order valence-corrected chi connectivity index (χ2v) is 10.4. The van der Waals surface area contributed by atoms with Gasteiger partial charge in [-0.15, -0.1) is 0 Å². The van der Waals surface area contributed by atoms with Gasteiger partial charge in [-0.25, -0.2) is 12.7 Å². The summed E-state index contributed by atoms with van der Waals surface area (Å²) in [7, 11) is -0.841. The van der Waals surface area contributed by atoms with Crippen LogP contribution < -0.4 is 10.6 Å². The summed E-state index contributed by atoms with van der Waals surface area (Å²) in [6.45, 7) is 0. The van der Waals surface area contributed by atoms with Gasteiger partial charge in [-0.1, -0.05) is 12.8 Å². The van der Waals surface area contributed by atoms with E-state index in [-0.39, 0.29) is 22.4 Å². The van der Waals surface area contributed by atoms with E-state index in [4.69, 9.17) is 0 Å². The lowest BCUT2D eigenvalue weighted by atomic mass is 10.1. The molecular formula is C21H24BrN3O4S. The predicted molar refractivity (Wildman–Crippen MR) is 119 cm³/mol. The normalized spacial score (nSPS) is 14.7. The van der Waals surface area contributed by atoms with Gasteiger partial charge in [0, 0.05) is 41.4 Å². The molecule has 2 amide bonds. The van der Waals surface area contributed by atoms with E-state index in [1.54, 1.807) is 24.3 Å². The van der Waals surface area contributed by atoms with Crippen molar-refractivity contribution < 1.29 is 18.0 Å². The fourth-order valence-electron chi connectivity index (χ4n) is 3.29. The van der Waals surface area contributed by atoms with Gasteiger partial charge in [0.05, 0.1) is 4.90 Å². The van der Waals surface area contributed by atoms with Crippen LogP contribution in [-0.2, 0) is 10.0 Å². The molecule has 0 spiro atoms. The number of nitrogens with one attached hydrogen (secondary N) is 2. The standard InChI is InChI=1S/C21H24BrN3O4S/c1-25(2)30(28,29)19-13-15(9-12-18(19)22)21(27)24-17-10-7-14(8-11-17)20(26)23-16-5-3-4-6-16/h7-13,16H,3-6H2,1-2H3,(H,23,26)(H,24,27). The number of rotatable bonds is 6. The topological polar surface area (TPSA) is 95.6 Å². The van der Waals surface area contributed by atoms with E-state index in [1.807, 2.05) is 0 Å². The smallest absolute Gasteiger partial charge is 0.255 e. The van der Waals surface area contributed by atoms with Crippen molar-refractivity contribution in [1.29, 1.82) is 0 Å². The maximum atomic E-state index is 12.6. The van der Waals surface area contributed by atoms with Crippen LogP contribution in [-0.4, -0.2) is 44.7 Å². The Morgan fingerprint density at radius 1 is 0.967 bits per heavy atom. The molecule has 1 fully saturated rings. The van der Waals surface area contributed by atoms with E-state index in [2.05, 4.69) is 26.6 Å². The highest BCUT2D eigenvalue weighted by molar-refractivity contribution is 9.10. The van der Waals surface area contributed by atoms with Crippen molar-refractivity contribution in [3.05, 3.63) is 58.1 Å². The molecule has 0 aliphatic heterocycles. The summed E-state index contributed by atoms with van der Waals surface area (Å²) in [5.74, 6) is -0.563. The first-order chi connectivity index (χ1) is 14.2. The highest BCUT2D eigenvalue weighted by Crippen LogP contribution is 2.26. The monoisotopic (exact) mass is 493 g/mol. The highest BCUT2D eigenvalue weighted by atomic mass is 79.9. The van der Waals surface area contributed by atoms with Crippen LogP contribution in [0.25, 0.3) is 0 Å². The van der Waals surface area contributed by atoms with Crippen molar-refractivity contribution in [2.24, 2.45) is 0 Å². The molecule has 0 radical (unpaired) electrons. The summed E-state index contributed by atoms with van der Waals surface area (Å²) < 4.78 is 26.3. The van der Waals surface area contributed by atoms with Gasteiger partial charge in [0.2, 0.25) is 10.0 Å². The van der Waals surface area contributed by atoms with Crippen molar-refractivity contribution in [3.8, 4) is 0 Å². The number of halogens is 1. The average Bonchev–Trinajstić information content (AvgIpc) is 3.21. The van der Waals surface area contributed by atoms with Gasteiger partial charge >= 0.3 is 0 Å². The number of benzene rings is 2. The number of carbonyl (C=O) groups is 2. The van der Waals surface area contributed by atoms with E-state index >= 15 is 0 Å². The van der Waals surface area contributed by atoms with Gasteiger partial charge in [-0.2, -0.15) is 0 Å². The van der Waals surface area contributed by atoms with Gasteiger partial charge in [-0.05, 0) is 71.2 Å². The molecule has 1 aliphatic rings. The average molecular weight is 494 g/mol. The second-order valence-electron chi connectivity index (χ2n) is 7.42. The minimum Gasteiger partial charge on any atom is -0.349 e. The fraction of sp³-hybridized carbons (Fsp3) is 0.333. The molecule has 2 N–H and O–H groups in total. The third-order valence-electron chi connectivity index (χ3n) is 5.05. The summed E-state index contributed by atoms with van der Waals surface area (Å²) in [6, 6.07) is 11.3. The lowest BCUT2D eigenvalue weighted by molar-refractivity contribution is 0.0937. The Labute approximate surface area is 185 Å². The van der Waals surface area contributed by atoms with E-state index in [0.717, 1.165) is 30.0 Å². The number of hydrogen-bond acceptors (Lipinski definition) is 4. The fourth-order valence-corrected chi connectivity index (χ4v) is 5.13. The van der Waals surface area contributed by atoms with Crippen LogP contribution in [0.5, 0.6) is 0 Å². The summed E-state index contributed by atoms with van der Waals surface area (Å²) in [5.41, 5.74) is 1.25. The Hall–Kier alpha value is -2.23. The number of amides is 2. The van der Waals surface area contributed by atoms with Gasteiger partial charge in [0.1, 0.15) is 0 Å². The molecule has 0 atom stereocenters. The molecule has 9 heteroatoms. The summed E-state index contributed by atoms with van der Waals surface area (Å²) in [5, 5.41) is 5.75. The molecule has 2 aromatic carbocycles. The molecule has 0 saturated heterocycles. The number of anilines is 1. The first-order valence-corrected chi connectivity index (χ1v) is 11.9. The zero-order chi connectivity index (χ0) is 21.9. The first-order valence-electron chi connectivity index (χ1n) is 9.63. The lowest BCUT2D eigenvalue weighted by Crippen LogP contribution is -2.32. The van der Waals surface area contributed by atoms with E-state index < -0.39 is 15.9 Å². The molecule has 160 valence electrons. The van der Waals surface area contributed by atoms with Crippen LogP contribution in [0, 0.1) is 0 Å². The Morgan fingerprint density at radius 2 is 1.57 bits per heavy atom. The number of carbonyl (C=O) groups excluding carboxylic acids is 2. The summed E-state index contributed by atoms with van der Waals surface area (Å²) in [4.78, 5) is 24.9. The number of nitrogens with zero attached hydrogens (tertiary/aromatic N) is 1. The van der Waals surface area contributed by atoms with Crippen LogP contribution in [0.4, 0.5) is 5.69 Å². The van der Waals surface area contributed by atoms with Gasteiger partial charge in [-0.3, -0.25) is 9.59 Å². The first kappa shape index (κ1) is 22.5. The van der Waals surface area contributed by atoms with Gasteiger partial charge in [0.25, 0.3) is 11.8 Å². The minimum atomic E-state index is -3.70. The van der Waals surface area contributed by atoms with Gasteiger partial charge < -0.3 is 10.6 Å². The molecule has 0 unspecified atom stereocenters. The van der Waals surface area contributed by atoms with Crippen molar-refractivity contribution in [3.63, 3.8) is 0 Å². The zero-order valence-corrected chi connectivity index (χ0v) is 19.2. The summed E-state index contributed by atoms with van der Waals surface area (Å²) >= 11 is 3.23. The van der Waals surface area contributed by atoms with E-state index in [9.17, 15) is 18.0 Å². The van der Waals surface area contributed by atoms with Crippen molar-refractivity contribution in [2.45, 2.75) is 36.6 Å². The number of hydrogen-bond donors (Lipinski definition) is 2. The molecule has 7 nitrogen and oxygen atoms in total. The highest BCUT2D eigenvalue weighted by Gasteiger charge is 2.22. The molecule has 0 heterocycles. The Kier molecular flexibility index (Phi) is 6.95. The third-order valence-corrected chi connectivity index (χ3v) is 7.86. The van der Waals surface area contributed by atoms with Crippen LogP contribution in [0.1, 0.15) is 46.4 Å². The molecule has 0 aromatic heterocycles. The van der Waals surface area contributed by atoms with Crippen LogP contribution >= 0.6 is 15.9 Å². The maximum Gasteiger partial charge on any atom is 0.255 e. The van der Waals surface area contributed by atoms with Gasteiger partial charge in [0.15, 0.2) is 0 Å². The molecule has 3 rings (SSSR count). The van der Waals surface area contributed by atoms with E-state index in [1.165, 1.54) is 32.3 Å². The second kappa shape index (κ2) is 9.28. The molecule has 2 aromatic rings. The molecule has 1 saturated carbocycles. The van der Waals surface area contributed by atoms with E-state index in [0.29, 0.717) is 15.7 Å². The molecule has 1 aliphatic carbocycles.